The van der Waals surface area contributed by atoms with E-state index in [9.17, 15) is 4.79 Å². The van der Waals surface area contributed by atoms with E-state index in [-0.39, 0.29) is 5.91 Å². The van der Waals surface area contributed by atoms with Crippen molar-refractivity contribution in [1.82, 2.24) is 14.8 Å². The monoisotopic (exact) mass is 462 g/mol. The second-order valence-corrected chi connectivity index (χ2v) is 9.35. The van der Waals surface area contributed by atoms with Crippen LogP contribution in [0.5, 0.6) is 0 Å². The first-order valence-electron chi connectivity index (χ1n) is 12.2. The molecule has 0 radical (unpaired) electrons. The zero-order chi connectivity index (χ0) is 24.4. The van der Waals surface area contributed by atoms with E-state index in [1.807, 2.05) is 4.68 Å². The average molecular weight is 463 g/mol. The van der Waals surface area contributed by atoms with Crippen molar-refractivity contribution in [2.75, 3.05) is 5.32 Å². The van der Waals surface area contributed by atoms with Crippen molar-refractivity contribution in [2.45, 2.75) is 46.5 Å². The summed E-state index contributed by atoms with van der Waals surface area (Å²) in [6, 6.07) is 18.5. The first-order chi connectivity index (χ1) is 17.0. The summed E-state index contributed by atoms with van der Waals surface area (Å²) in [4.78, 5) is 17.5. The number of fused-ring (bicyclic) bond motifs is 1. The van der Waals surface area contributed by atoms with E-state index in [4.69, 9.17) is 5.10 Å². The van der Waals surface area contributed by atoms with E-state index >= 15 is 0 Å². The minimum atomic E-state index is -0.187. The highest BCUT2D eigenvalue weighted by atomic mass is 16.2. The summed E-state index contributed by atoms with van der Waals surface area (Å²) in [5, 5.41) is 7.96. The van der Waals surface area contributed by atoms with E-state index in [1.54, 1.807) is 24.5 Å². The summed E-state index contributed by atoms with van der Waals surface area (Å²) in [5.74, 6) is -0.187. The topological polar surface area (TPSA) is 59.8 Å². The second kappa shape index (κ2) is 9.71. The number of hydrogen-bond donors (Lipinski definition) is 1. The number of nitrogens with zero attached hydrogens (tertiary/aromatic N) is 3. The summed E-state index contributed by atoms with van der Waals surface area (Å²) >= 11 is 0. The van der Waals surface area contributed by atoms with Crippen LogP contribution in [0.15, 0.2) is 67.0 Å². The number of aromatic nitrogens is 3. The van der Waals surface area contributed by atoms with Crippen molar-refractivity contribution in [2.24, 2.45) is 0 Å². The lowest BCUT2D eigenvalue weighted by molar-refractivity contribution is 0.102. The predicted octanol–water partition coefficient (Wildman–Crippen LogP) is 6.71. The van der Waals surface area contributed by atoms with E-state index in [0.717, 1.165) is 53.8 Å². The molecule has 5 rings (SSSR count). The van der Waals surface area contributed by atoms with Crippen LogP contribution in [0.4, 0.5) is 5.69 Å². The Morgan fingerprint density at radius 1 is 0.914 bits per heavy atom. The number of benzene rings is 2. The zero-order valence-corrected chi connectivity index (χ0v) is 20.5. The molecule has 1 aliphatic rings. The van der Waals surface area contributed by atoms with Gasteiger partial charge in [0.25, 0.3) is 5.91 Å². The van der Waals surface area contributed by atoms with Crippen LogP contribution in [0.3, 0.4) is 0 Å². The molecule has 0 aliphatic heterocycles. The van der Waals surface area contributed by atoms with Crippen molar-refractivity contribution in [3.63, 3.8) is 0 Å². The normalized spacial score (nSPS) is 14.4. The Labute approximate surface area is 206 Å². The molecule has 5 nitrogen and oxygen atoms in total. The molecule has 0 fully saturated rings. The van der Waals surface area contributed by atoms with Gasteiger partial charge in [0, 0.05) is 23.6 Å². The molecule has 0 unspecified atom stereocenters. The average Bonchev–Trinajstić information content (AvgIpc) is 3.10. The number of carbonyl (C=O) groups is 1. The Morgan fingerprint density at radius 2 is 1.63 bits per heavy atom. The molecule has 0 spiro atoms. The summed E-state index contributed by atoms with van der Waals surface area (Å²) in [7, 11) is 0. The van der Waals surface area contributed by atoms with Gasteiger partial charge in [0.05, 0.1) is 11.4 Å². The minimum absolute atomic E-state index is 0.187. The molecule has 1 N–H and O–H groups in total. The molecule has 2 aromatic carbocycles. The van der Waals surface area contributed by atoms with Gasteiger partial charge in [-0.3, -0.25) is 9.78 Å². The minimum Gasteiger partial charge on any atom is -0.320 e. The molecule has 0 saturated carbocycles. The Morgan fingerprint density at radius 3 is 2.37 bits per heavy atom. The standard InChI is InChI=1S/C30H30N4O/c1-20-8-11-23(12-9-20)19-24-6-4-5-7-26-28(30(35)32-25-14-16-31-17-15-25)33-34(29(24)26)27-13-10-21(2)18-22(27)3/h8-19H,4-7H2,1-3H3,(H,31,32,35)/b24-19+. The summed E-state index contributed by atoms with van der Waals surface area (Å²) in [5.41, 5.74) is 10.2. The molecular formula is C30H30N4O. The molecule has 35 heavy (non-hydrogen) atoms. The van der Waals surface area contributed by atoms with Crippen LogP contribution in [0, 0.1) is 20.8 Å². The van der Waals surface area contributed by atoms with Gasteiger partial charge in [-0.15, -0.1) is 0 Å². The third kappa shape index (κ3) is 4.80. The van der Waals surface area contributed by atoms with Gasteiger partial charge in [-0.1, -0.05) is 47.5 Å². The lowest BCUT2D eigenvalue weighted by Crippen LogP contribution is -2.15. The van der Waals surface area contributed by atoms with Crippen LogP contribution >= 0.6 is 0 Å². The highest BCUT2D eigenvalue weighted by Crippen LogP contribution is 2.36. The van der Waals surface area contributed by atoms with Crippen LogP contribution in [0.2, 0.25) is 0 Å². The van der Waals surface area contributed by atoms with Gasteiger partial charge in [-0.25, -0.2) is 4.68 Å². The van der Waals surface area contributed by atoms with Gasteiger partial charge in [-0.05, 0) is 87.4 Å². The van der Waals surface area contributed by atoms with Gasteiger partial charge in [0.2, 0.25) is 0 Å². The Hall–Kier alpha value is -3.99. The number of pyridine rings is 1. The molecule has 0 saturated heterocycles. The van der Waals surface area contributed by atoms with Crippen molar-refractivity contribution >= 4 is 23.2 Å². The molecule has 0 bridgehead atoms. The fourth-order valence-electron chi connectivity index (χ4n) is 4.78. The number of allylic oxidation sites excluding steroid dienone is 1. The smallest absolute Gasteiger partial charge is 0.276 e. The largest absolute Gasteiger partial charge is 0.320 e. The molecule has 0 atom stereocenters. The maximum atomic E-state index is 13.5. The number of anilines is 1. The lowest BCUT2D eigenvalue weighted by atomic mass is 10.0. The van der Waals surface area contributed by atoms with Gasteiger partial charge in [0.1, 0.15) is 0 Å². The summed E-state index contributed by atoms with van der Waals surface area (Å²) in [6.45, 7) is 6.30. The predicted molar refractivity (Wildman–Crippen MR) is 142 cm³/mol. The Bertz CT molecular complexity index is 1400. The Balaban J connectivity index is 1.68. The van der Waals surface area contributed by atoms with E-state index in [0.29, 0.717) is 11.4 Å². The first-order valence-corrected chi connectivity index (χ1v) is 12.2. The molecular weight excluding hydrogens is 432 g/mol. The molecule has 1 aliphatic carbocycles. The van der Waals surface area contributed by atoms with Crippen molar-refractivity contribution in [3.05, 3.63) is 106 Å². The first kappa shape index (κ1) is 22.8. The second-order valence-electron chi connectivity index (χ2n) is 9.35. The van der Waals surface area contributed by atoms with Crippen molar-refractivity contribution < 1.29 is 4.79 Å². The van der Waals surface area contributed by atoms with Crippen LogP contribution < -0.4 is 5.32 Å². The fraction of sp³-hybridized carbons (Fsp3) is 0.233. The number of hydrogen-bond acceptors (Lipinski definition) is 3. The number of rotatable bonds is 4. The summed E-state index contributed by atoms with van der Waals surface area (Å²) in [6.07, 6.45) is 9.47. The maximum Gasteiger partial charge on any atom is 0.276 e. The third-order valence-corrected chi connectivity index (χ3v) is 6.56. The molecule has 5 heteroatoms. The highest BCUT2D eigenvalue weighted by Gasteiger charge is 2.28. The lowest BCUT2D eigenvalue weighted by Gasteiger charge is -2.14. The molecule has 1 amide bonds. The molecule has 2 aromatic heterocycles. The zero-order valence-electron chi connectivity index (χ0n) is 20.5. The van der Waals surface area contributed by atoms with Crippen molar-refractivity contribution in [3.8, 4) is 5.69 Å². The van der Waals surface area contributed by atoms with E-state index in [1.165, 1.54) is 16.7 Å². The van der Waals surface area contributed by atoms with E-state index in [2.05, 4.69) is 79.6 Å². The number of amides is 1. The molecule has 4 aromatic rings. The highest BCUT2D eigenvalue weighted by molar-refractivity contribution is 6.05. The third-order valence-electron chi connectivity index (χ3n) is 6.56. The van der Waals surface area contributed by atoms with Gasteiger partial charge < -0.3 is 5.32 Å². The quantitative estimate of drug-likeness (QED) is 0.343. The number of carbonyl (C=O) groups excluding carboxylic acids is 1. The molecule has 2 heterocycles. The Kier molecular flexibility index (Phi) is 6.32. The van der Waals surface area contributed by atoms with Crippen molar-refractivity contribution in [1.29, 1.82) is 0 Å². The number of nitrogens with one attached hydrogen (secondary N) is 1. The van der Waals surface area contributed by atoms with Gasteiger partial charge >= 0.3 is 0 Å². The van der Waals surface area contributed by atoms with E-state index < -0.39 is 0 Å². The fourth-order valence-corrected chi connectivity index (χ4v) is 4.78. The maximum absolute atomic E-state index is 13.5. The summed E-state index contributed by atoms with van der Waals surface area (Å²) < 4.78 is 2.00. The van der Waals surface area contributed by atoms with Crippen LogP contribution in [0.1, 0.15) is 63.3 Å². The van der Waals surface area contributed by atoms with Crippen LogP contribution in [0.25, 0.3) is 17.3 Å². The SMILES string of the molecule is Cc1ccc(/C=C2\CCCCc3c(C(=O)Nc4ccncc4)nn(-c4ccc(C)cc4C)c32)cc1. The molecule has 176 valence electrons. The van der Waals surface area contributed by atoms with Gasteiger partial charge in [-0.2, -0.15) is 5.10 Å². The van der Waals surface area contributed by atoms with Gasteiger partial charge in [0.15, 0.2) is 5.69 Å². The van der Waals surface area contributed by atoms with Crippen LogP contribution in [-0.2, 0) is 6.42 Å². The number of aryl methyl sites for hydroxylation is 3. The van der Waals surface area contributed by atoms with Crippen LogP contribution in [-0.4, -0.2) is 20.7 Å².